The largest absolute Gasteiger partial charge is 0.105 e. The molecule has 3 aromatic carbocycles. The first-order chi connectivity index (χ1) is 10.1. The molecule has 0 nitrogen and oxygen atoms in total. The van der Waals surface area contributed by atoms with Crippen LogP contribution in [-0.2, 0) is 0 Å². The second kappa shape index (κ2) is 5.84. The zero-order valence-electron chi connectivity index (χ0n) is 12.4. The summed E-state index contributed by atoms with van der Waals surface area (Å²) in [6.07, 6.45) is 0. The molecule has 1 unspecified atom stereocenters. The summed E-state index contributed by atoms with van der Waals surface area (Å²) in [7, 11) is 2.84. The Morgan fingerprint density at radius 3 is 2.00 bits per heavy atom. The van der Waals surface area contributed by atoms with Gasteiger partial charge in [-0.25, -0.2) is 0 Å². The van der Waals surface area contributed by atoms with Crippen LogP contribution in [0.25, 0.3) is 22.3 Å². The van der Waals surface area contributed by atoms with E-state index in [0.717, 1.165) is 0 Å². The Kier molecular flexibility index (Phi) is 3.90. The summed E-state index contributed by atoms with van der Waals surface area (Å²) in [6, 6.07) is 23.9. The van der Waals surface area contributed by atoms with Crippen molar-refractivity contribution in [2.75, 3.05) is 0 Å². The molecule has 0 aromatic heterocycles. The van der Waals surface area contributed by atoms with Gasteiger partial charge >= 0.3 is 0 Å². The van der Waals surface area contributed by atoms with Gasteiger partial charge in [-0.1, -0.05) is 60.7 Å². The first-order valence-corrected chi connectivity index (χ1v) is 7.75. The Morgan fingerprint density at radius 1 is 0.619 bits per heavy atom. The van der Waals surface area contributed by atoms with Crippen molar-refractivity contribution < 1.29 is 0 Å². The summed E-state index contributed by atoms with van der Waals surface area (Å²) >= 11 is 0. The first kappa shape index (κ1) is 14.0. The second-order valence-corrected chi connectivity index (χ2v) is 6.09. The van der Waals surface area contributed by atoms with Crippen LogP contribution in [0, 0.1) is 13.8 Å². The summed E-state index contributed by atoms with van der Waals surface area (Å²) in [6.45, 7) is 4.32. The van der Waals surface area contributed by atoms with E-state index in [9.17, 15) is 0 Å². The van der Waals surface area contributed by atoms with Crippen LogP contribution in [0.1, 0.15) is 11.1 Å². The van der Waals surface area contributed by atoms with Gasteiger partial charge in [-0.05, 0) is 58.6 Å². The summed E-state index contributed by atoms with van der Waals surface area (Å²) < 4.78 is 0. The fourth-order valence-corrected chi connectivity index (χ4v) is 2.87. The Hall–Kier alpha value is -1.91. The predicted molar refractivity (Wildman–Crippen MR) is 96.1 cm³/mol. The zero-order valence-corrected chi connectivity index (χ0v) is 13.6. The maximum atomic E-state index is 2.84. The average molecular weight is 290 g/mol. The van der Waals surface area contributed by atoms with E-state index in [4.69, 9.17) is 0 Å². The van der Waals surface area contributed by atoms with Crippen LogP contribution in [0.3, 0.4) is 0 Å². The van der Waals surface area contributed by atoms with Gasteiger partial charge in [-0.3, -0.25) is 0 Å². The molecule has 0 bridgehead atoms. The van der Waals surface area contributed by atoms with Gasteiger partial charge in [-0.2, -0.15) is 0 Å². The highest BCUT2D eigenvalue weighted by atomic mass is 31.0. The first-order valence-electron chi connectivity index (χ1n) is 7.18. The maximum Gasteiger partial charge on any atom is -0.0106 e. The smallest absolute Gasteiger partial charge is 0.0106 e. The number of aryl methyl sites for hydroxylation is 2. The van der Waals surface area contributed by atoms with Gasteiger partial charge in [0.15, 0.2) is 0 Å². The van der Waals surface area contributed by atoms with Crippen molar-refractivity contribution in [3.8, 4) is 22.3 Å². The van der Waals surface area contributed by atoms with Crippen molar-refractivity contribution in [3.63, 3.8) is 0 Å². The predicted octanol–water partition coefficient (Wildman–Crippen LogP) is 5.14. The fourth-order valence-electron chi connectivity index (χ4n) is 2.52. The van der Waals surface area contributed by atoms with Crippen molar-refractivity contribution in [1.82, 2.24) is 0 Å². The maximum absolute atomic E-state index is 2.84. The van der Waals surface area contributed by atoms with E-state index in [-0.39, 0.29) is 0 Å². The monoisotopic (exact) mass is 290 g/mol. The lowest BCUT2D eigenvalue weighted by Crippen LogP contribution is -1.97. The molecule has 0 N–H and O–H groups in total. The van der Waals surface area contributed by atoms with Gasteiger partial charge in [0.1, 0.15) is 0 Å². The summed E-state index contributed by atoms with van der Waals surface area (Å²) in [5, 5.41) is 1.23. The average Bonchev–Trinajstić information content (AvgIpc) is 2.51. The molecule has 0 aliphatic heterocycles. The molecule has 0 heterocycles. The van der Waals surface area contributed by atoms with Crippen molar-refractivity contribution >= 4 is 14.5 Å². The minimum Gasteiger partial charge on any atom is -0.105 e. The number of hydrogen-bond acceptors (Lipinski definition) is 0. The third-order valence-electron chi connectivity index (χ3n) is 3.98. The molecule has 3 aromatic rings. The number of hydrogen-bond donors (Lipinski definition) is 0. The van der Waals surface area contributed by atoms with Gasteiger partial charge < -0.3 is 0 Å². The minimum absolute atomic E-state index is 1.23. The van der Waals surface area contributed by atoms with E-state index in [1.165, 1.54) is 38.7 Å². The molecule has 1 atom stereocenters. The van der Waals surface area contributed by atoms with Gasteiger partial charge in [-0.15, -0.1) is 9.24 Å². The SMILES string of the molecule is Cc1ccc(-c2ccc(P)c(-c3ccccc3)c2)cc1C. The third-order valence-corrected chi connectivity index (χ3v) is 4.48. The highest BCUT2D eigenvalue weighted by Crippen LogP contribution is 2.27. The van der Waals surface area contributed by atoms with Crippen LogP contribution in [-0.4, -0.2) is 0 Å². The van der Waals surface area contributed by atoms with E-state index in [0.29, 0.717) is 0 Å². The van der Waals surface area contributed by atoms with Gasteiger partial charge in [0.2, 0.25) is 0 Å². The highest BCUT2D eigenvalue weighted by molar-refractivity contribution is 7.28. The van der Waals surface area contributed by atoms with E-state index in [1.54, 1.807) is 0 Å². The third kappa shape index (κ3) is 2.91. The molecule has 0 saturated heterocycles. The van der Waals surface area contributed by atoms with E-state index >= 15 is 0 Å². The quantitative estimate of drug-likeness (QED) is 0.573. The van der Waals surface area contributed by atoms with Crippen LogP contribution in [0.2, 0.25) is 0 Å². The Morgan fingerprint density at radius 2 is 1.29 bits per heavy atom. The van der Waals surface area contributed by atoms with Gasteiger partial charge in [0.25, 0.3) is 0 Å². The molecular formula is C20H19P. The molecule has 0 spiro atoms. The van der Waals surface area contributed by atoms with Crippen LogP contribution in [0.4, 0.5) is 0 Å². The Bertz CT molecular complexity index is 773. The Labute approximate surface area is 129 Å². The molecule has 0 saturated carbocycles. The zero-order chi connectivity index (χ0) is 14.8. The van der Waals surface area contributed by atoms with E-state index in [1.807, 2.05) is 0 Å². The Balaban J connectivity index is 2.11. The molecule has 104 valence electrons. The lowest BCUT2D eigenvalue weighted by molar-refractivity contribution is 1.34. The molecule has 1 heteroatoms. The topological polar surface area (TPSA) is 0 Å². The fraction of sp³-hybridized carbons (Fsp3) is 0.100. The molecule has 0 amide bonds. The summed E-state index contributed by atoms with van der Waals surface area (Å²) in [5.74, 6) is 0. The molecular weight excluding hydrogens is 271 g/mol. The van der Waals surface area contributed by atoms with E-state index < -0.39 is 0 Å². The molecule has 0 radical (unpaired) electrons. The van der Waals surface area contributed by atoms with E-state index in [2.05, 4.69) is 89.8 Å². The lowest BCUT2D eigenvalue weighted by Gasteiger charge is -2.11. The van der Waals surface area contributed by atoms with Gasteiger partial charge in [0.05, 0.1) is 0 Å². The molecule has 0 fully saturated rings. The molecule has 3 rings (SSSR count). The molecule has 21 heavy (non-hydrogen) atoms. The standard InChI is InChI=1S/C20H19P/c1-14-8-9-17(12-15(14)2)18-10-11-20(21)19(13-18)16-6-4-3-5-7-16/h3-13H,21H2,1-2H3. The van der Waals surface area contributed by atoms with Crippen molar-refractivity contribution in [3.05, 3.63) is 77.9 Å². The van der Waals surface area contributed by atoms with Crippen LogP contribution < -0.4 is 5.30 Å². The summed E-state index contributed by atoms with van der Waals surface area (Å²) in [5.41, 5.74) is 7.75. The normalized spacial score (nSPS) is 10.6. The van der Waals surface area contributed by atoms with Crippen molar-refractivity contribution in [1.29, 1.82) is 0 Å². The lowest BCUT2D eigenvalue weighted by atomic mass is 9.97. The highest BCUT2D eigenvalue weighted by Gasteiger charge is 2.05. The number of benzene rings is 3. The minimum atomic E-state index is 1.23. The number of rotatable bonds is 2. The molecule has 0 aliphatic carbocycles. The summed E-state index contributed by atoms with van der Waals surface area (Å²) in [4.78, 5) is 0. The van der Waals surface area contributed by atoms with Gasteiger partial charge in [0, 0.05) is 0 Å². The molecule has 0 aliphatic rings. The van der Waals surface area contributed by atoms with Crippen LogP contribution in [0.15, 0.2) is 66.7 Å². The van der Waals surface area contributed by atoms with Crippen LogP contribution >= 0.6 is 9.24 Å². The van der Waals surface area contributed by atoms with Crippen molar-refractivity contribution in [2.24, 2.45) is 0 Å². The van der Waals surface area contributed by atoms with Crippen LogP contribution in [0.5, 0.6) is 0 Å². The second-order valence-electron chi connectivity index (χ2n) is 5.47. The van der Waals surface area contributed by atoms with Crippen molar-refractivity contribution in [2.45, 2.75) is 13.8 Å².